The summed E-state index contributed by atoms with van der Waals surface area (Å²) in [5.41, 5.74) is 3.95. The number of para-hydroxylation sites is 1. The molecule has 102 valence electrons. The van der Waals surface area contributed by atoms with Crippen LogP contribution in [0.1, 0.15) is 11.4 Å². The maximum atomic E-state index is 5.42. The lowest BCUT2D eigenvalue weighted by atomic mass is 10.2. The van der Waals surface area contributed by atoms with Gasteiger partial charge in [0.25, 0.3) is 0 Å². The molecule has 1 N–H and O–H groups in total. The number of imidazole rings is 1. The Balaban J connectivity index is 2.12. The molecule has 0 saturated heterocycles. The number of ether oxygens (including phenoxy) is 1. The summed E-state index contributed by atoms with van der Waals surface area (Å²) in [4.78, 5) is 7.73. The number of fused-ring (bicyclic) bond motifs is 1. The van der Waals surface area contributed by atoms with Crippen molar-refractivity contribution in [3.63, 3.8) is 0 Å². The number of hydrogen-bond acceptors (Lipinski definition) is 3. The van der Waals surface area contributed by atoms with Crippen LogP contribution in [-0.4, -0.2) is 21.6 Å². The summed E-state index contributed by atoms with van der Waals surface area (Å²) in [6.45, 7) is 2.63. The Labute approximate surface area is 122 Å². The Morgan fingerprint density at radius 3 is 2.80 bits per heavy atom. The molecular formula is C15H15N3OS. The van der Waals surface area contributed by atoms with Crippen LogP contribution < -0.4 is 4.74 Å². The van der Waals surface area contributed by atoms with Gasteiger partial charge in [0.05, 0.1) is 24.9 Å². The van der Waals surface area contributed by atoms with Gasteiger partial charge in [0.2, 0.25) is 0 Å². The molecule has 0 fully saturated rings. The number of H-pyrrole nitrogens is 1. The maximum Gasteiger partial charge on any atom is 0.178 e. The van der Waals surface area contributed by atoms with Crippen LogP contribution in [0.25, 0.3) is 11.0 Å². The van der Waals surface area contributed by atoms with E-state index in [0.29, 0.717) is 11.3 Å². The highest BCUT2D eigenvalue weighted by molar-refractivity contribution is 7.71. The molecule has 0 bridgehead atoms. The fraction of sp³-hybridized carbons (Fsp3) is 0.200. The van der Waals surface area contributed by atoms with E-state index < -0.39 is 0 Å². The van der Waals surface area contributed by atoms with Gasteiger partial charge >= 0.3 is 0 Å². The van der Waals surface area contributed by atoms with Crippen molar-refractivity contribution < 1.29 is 4.74 Å². The smallest absolute Gasteiger partial charge is 0.178 e. The first kappa shape index (κ1) is 12.9. The van der Waals surface area contributed by atoms with E-state index in [1.165, 1.54) is 0 Å². The van der Waals surface area contributed by atoms with Gasteiger partial charge in [-0.3, -0.25) is 4.98 Å². The Bertz CT molecular complexity index is 819. The zero-order chi connectivity index (χ0) is 14.1. The van der Waals surface area contributed by atoms with Crippen LogP contribution in [0.15, 0.2) is 36.4 Å². The van der Waals surface area contributed by atoms with Crippen LogP contribution in [0, 0.1) is 11.7 Å². The lowest BCUT2D eigenvalue weighted by molar-refractivity contribution is 0.419. The first-order valence-electron chi connectivity index (χ1n) is 6.37. The predicted octanol–water partition coefficient (Wildman–Crippen LogP) is 3.46. The highest BCUT2D eigenvalue weighted by Gasteiger charge is 2.09. The van der Waals surface area contributed by atoms with E-state index in [9.17, 15) is 0 Å². The molecule has 0 saturated carbocycles. The Hall–Kier alpha value is -2.14. The highest BCUT2D eigenvalue weighted by atomic mass is 32.1. The van der Waals surface area contributed by atoms with E-state index in [1.54, 1.807) is 7.11 Å². The van der Waals surface area contributed by atoms with Gasteiger partial charge in [0.15, 0.2) is 4.77 Å². The molecule has 0 radical (unpaired) electrons. The standard InChI is InChI=1S/C15H15N3OS/c1-10-5-3-6-11(16-10)9-18-12-7-4-8-13(19-2)14(12)17-15(18)20/h3-8H,9H2,1-2H3,(H,17,20). The first-order valence-corrected chi connectivity index (χ1v) is 6.78. The van der Waals surface area contributed by atoms with Crippen LogP contribution >= 0.6 is 12.2 Å². The Morgan fingerprint density at radius 2 is 2.05 bits per heavy atom. The van der Waals surface area contributed by atoms with E-state index in [1.807, 2.05) is 47.9 Å². The molecule has 3 rings (SSSR count). The number of methoxy groups -OCH3 is 1. The van der Waals surface area contributed by atoms with Crippen molar-refractivity contribution in [3.05, 3.63) is 52.6 Å². The molecule has 0 amide bonds. The fourth-order valence-corrected chi connectivity index (χ4v) is 2.60. The maximum absolute atomic E-state index is 5.42. The number of aromatic nitrogens is 3. The van der Waals surface area contributed by atoms with Crippen LogP contribution in [0.2, 0.25) is 0 Å². The summed E-state index contributed by atoms with van der Waals surface area (Å²) < 4.78 is 8.07. The van der Waals surface area contributed by atoms with Gasteiger partial charge in [-0.1, -0.05) is 12.1 Å². The van der Waals surface area contributed by atoms with Gasteiger partial charge in [0, 0.05) is 5.69 Å². The fourth-order valence-electron chi connectivity index (χ4n) is 2.33. The number of nitrogens with one attached hydrogen (secondary N) is 1. The van der Waals surface area contributed by atoms with E-state index in [0.717, 1.165) is 28.2 Å². The summed E-state index contributed by atoms with van der Waals surface area (Å²) in [5, 5.41) is 0. The minimum Gasteiger partial charge on any atom is -0.494 e. The number of rotatable bonds is 3. The molecular weight excluding hydrogens is 270 g/mol. The third-order valence-electron chi connectivity index (χ3n) is 3.26. The lowest BCUT2D eigenvalue weighted by Crippen LogP contribution is -2.02. The Kier molecular flexibility index (Phi) is 3.28. The summed E-state index contributed by atoms with van der Waals surface area (Å²) >= 11 is 5.42. The van der Waals surface area contributed by atoms with E-state index in [-0.39, 0.29) is 0 Å². The van der Waals surface area contributed by atoms with Crippen LogP contribution in [0.3, 0.4) is 0 Å². The molecule has 4 nitrogen and oxygen atoms in total. The normalized spacial score (nSPS) is 10.9. The second-order valence-corrected chi connectivity index (χ2v) is 5.03. The van der Waals surface area contributed by atoms with E-state index in [2.05, 4.69) is 9.97 Å². The van der Waals surface area contributed by atoms with Crippen LogP contribution in [0.5, 0.6) is 5.75 Å². The van der Waals surface area contributed by atoms with E-state index >= 15 is 0 Å². The van der Waals surface area contributed by atoms with Crippen LogP contribution in [-0.2, 0) is 6.54 Å². The molecule has 2 aromatic heterocycles. The number of nitrogens with zero attached hydrogens (tertiary/aromatic N) is 2. The molecule has 0 aliphatic heterocycles. The van der Waals surface area contributed by atoms with Crippen molar-refractivity contribution in [2.45, 2.75) is 13.5 Å². The molecule has 0 spiro atoms. The van der Waals surface area contributed by atoms with Gasteiger partial charge in [-0.2, -0.15) is 0 Å². The third-order valence-corrected chi connectivity index (χ3v) is 3.58. The molecule has 2 heterocycles. The largest absolute Gasteiger partial charge is 0.494 e. The molecule has 20 heavy (non-hydrogen) atoms. The van der Waals surface area contributed by atoms with Crippen molar-refractivity contribution in [1.82, 2.24) is 14.5 Å². The zero-order valence-electron chi connectivity index (χ0n) is 11.4. The summed E-state index contributed by atoms with van der Waals surface area (Å²) in [7, 11) is 1.66. The molecule has 5 heteroatoms. The quantitative estimate of drug-likeness (QED) is 0.749. The third kappa shape index (κ3) is 2.20. The summed E-state index contributed by atoms with van der Waals surface area (Å²) in [6, 6.07) is 11.9. The number of pyridine rings is 1. The first-order chi connectivity index (χ1) is 9.69. The van der Waals surface area contributed by atoms with E-state index in [4.69, 9.17) is 17.0 Å². The number of benzene rings is 1. The number of hydrogen-bond donors (Lipinski definition) is 1. The van der Waals surface area contributed by atoms with Crippen LogP contribution in [0.4, 0.5) is 0 Å². The molecule has 0 aliphatic rings. The highest BCUT2D eigenvalue weighted by Crippen LogP contribution is 2.24. The molecule has 1 aromatic carbocycles. The lowest BCUT2D eigenvalue weighted by Gasteiger charge is -2.06. The Morgan fingerprint density at radius 1 is 1.25 bits per heavy atom. The van der Waals surface area contributed by atoms with Gasteiger partial charge in [-0.15, -0.1) is 0 Å². The van der Waals surface area contributed by atoms with Gasteiger partial charge < -0.3 is 14.3 Å². The van der Waals surface area contributed by atoms with Gasteiger partial charge in [-0.25, -0.2) is 0 Å². The summed E-state index contributed by atoms with van der Waals surface area (Å²) in [5.74, 6) is 0.796. The molecule has 0 aliphatic carbocycles. The average molecular weight is 285 g/mol. The molecule has 0 unspecified atom stereocenters. The minimum absolute atomic E-state index is 0.647. The minimum atomic E-state index is 0.647. The van der Waals surface area contributed by atoms with Crippen molar-refractivity contribution in [1.29, 1.82) is 0 Å². The van der Waals surface area contributed by atoms with Crippen molar-refractivity contribution in [2.75, 3.05) is 7.11 Å². The van der Waals surface area contributed by atoms with Crippen molar-refractivity contribution in [2.24, 2.45) is 0 Å². The molecule has 0 atom stereocenters. The number of aromatic amines is 1. The molecule has 3 aromatic rings. The predicted molar refractivity (Wildman–Crippen MR) is 81.8 cm³/mol. The van der Waals surface area contributed by atoms with Gasteiger partial charge in [0.1, 0.15) is 11.3 Å². The average Bonchev–Trinajstić information content (AvgIpc) is 2.75. The SMILES string of the molecule is COc1cccc2c1[nH]c(=S)n2Cc1cccc(C)n1. The second-order valence-electron chi connectivity index (χ2n) is 4.64. The topological polar surface area (TPSA) is 42.8 Å². The van der Waals surface area contributed by atoms with Crippen molar-refractivity contribution in [3.8, 4) is 5.75 Å². The van der Waals surface area contributed by atoms with Crippen molar-refractivity contribution >= 4 is 23.3 Å². The zero-order valence-corrected chi connectivity index (χ0v) is 12.2. The summed E-state index contributed by atoms with van der Waals surface area (Å²) in [6.07, 6.45) is 0. The number of aryl methyl sites for hydroxylation is 1. The second kappa shape index (κ2) is 5.09. The van der Waals surface area contributed by atoms with Gasteiger partial charge in [-0.05, 0) is 43.4 Å². The monoisotopic (exact) mass is 285 g/mol.